The first kappa shape index (κ1) is 11.8. The molecule has 0 aliphatic heterocycles. The van der Waals surface area contributed by atoms with E-state index in [9.17, 15) is 0 Å². The third-order valence-corrected chi connectivity index (χ3v) is 2.84. The van der Waals surface area contributed by atoms with Gasteiger partial charge in [-0.25, -0.2) is 15.0 Å². The number of rotatable bonds is 5. The molecule has 5 heteroatoms. The van der Waals surface area contributed by atoms with Crippen LogP contribution in [0.5, 0.6) is 0 Å². The number of aromatic amines is 1. The van der Waals surface area contributed by atoms with Crippen LogP contribution in [0.2, 0.25) is 0 Å². The molecule has 17 heavy (non-hydrogen) atoms. The van der Waals surface area contributed by atoms with Crippen molar-refractivity contribution < 1.29 is 0 Å². The molecule has 0 amide bonds. The van der Waals surface area contributed by atoms with Crippen molar-refractivity contribution in [2.75, 3.05) is 18.5 Å². The highest BCUT2D eigenvalue weighted by Gasteiger charge is 2.09. The number of anilines is 1. The largest absolute Gasteiger partial charge is 0.358 e. The Kier molecular flexibility index (Phi) is 3.56. The fourth-order valence-corrected chi connectivity index (χ4v) is 1.88. The number of nitrogens with one attached hydrogen (secondary N) is 1. The fraction of sp³-hybridized carbons (Fsp3) is 0.583. The van der Waals surface area contributed by atoms with E-state index in [1.807, 2.05) is 0 Å². The Morgan fingerprint density at radius 3 is 2.88 bits per heavy atom. The van der Waals surface area contributed by atoms with Gasteiger partial charge in [0.25, 0.3) is 0 Å². The Labute approximate surface area is 101 Å². The van der Waals surface area contributed by atoms with Crippen molar-refractivity contribution in [1.29, 1.82) is 0 Å². The number of hydrogen-bond acceptors (Lipinski definition) is 4. The fourth-order valence-electron chi connectivity index (χ4n) is 1.88. The van der Waals surface area contributed by atoms with E-state index >= 15 is 0 Å². The maximum atomic E-state index is 4.32. The molecular formula is C12H19N5. The Bertz CT molecular complexity index is 476. The van der Waals surface area contributed by atoms with Crippen LogP contribution < -0.4 is 4.90 Å². The van der Waals surface area contributed by atoms with Crippen molar-refractivity contribution >= 4 is 17.0 Å². The summed E-state index contributed by atoms with van der Waals surface area (Å²) < 4.78 is 0. The van der Waals surface area contributed by atoms with Gasteiger partial charge in [-0.15, -0.1) is 0 Å². The van der Waals surface area contributed by atoms with Gasteiger partial charge in [-0.1, -0.05) is 13.8 Å². The Hall–Kier alpha value is -1.65. The lowest BCUT2D eigenvalue weighted by atomic mass is 10.1. The lowest BCUT2D eigenvalue weighted by molar-refractivity contribution is 0.555. The predicted molar refractivity (Wildman–Crippen MR) is 69.0 cm³/mol. The zero-order chi connectivity index (χ0) is 12.3. The van der Waals surface area contributed by atoms with E-state index in [0.717, 1.165) is 29.4 Å². The Balaban J connectivity index is 2.08. The SMILES string of the molecule is CC(C)CCCN(C)c1ncnc2nc[nH]c12. The summed E-state index contributed by atoms with van der Waals surface area (Å²) in [5, 5.41) is 0. The Morgan fingerprint density at radius 2 is 2.12 bits per heavy atom. The minimum Gasteiger partial charge on any atom is -0.358 e. The molecule has 0 saturated carbocycles. The summed E-state index contributed by atoms with van der Waals surface area (Å²) in [5.41, 5.74) is 1.64. The molecule has 0 atom stereocenters. The second kappa shape index (κ2) is 5.12. The van der Waals surface area contributed by atoms with Crippen LogP contribution >= 0.6 is 0 Å². The number of aromatic nitrogens is 4. The first-order valence-corrected chi connectivity index (χ1v) is 6.03. The molecule has 0 saturated heterocycles. The average Bonchev–Trinajstić information content (AvgIpc) is 2.75. The lowest BCUT2D eigenvalue weighted by Crippen LogP contribution is -2.20. The molecule has 0 fully saturated rings. The highest BCUT2D eigenvalue weighted by Crippen LogP contribution is 2.18. The van der Waals surface area contributed by atoms with Crippen LogP contribution in [0.15, 0.2) is 12.7 Å². The van der Waals surface area contributed by atoms with Crippen LogP contribution in [0.4, 0.5) is 5.82 Å². The van der Waals surface area contributed by atoms with E-state index in [0.29, 0.717) is 0 Å². The maximum Gasteiger partial charge on any atom is 0.182 e. The molecule has 0 aliphatic carbocycles. The molecule has 5 nitrogen and oxygen atoms in total. The van der Waals surface area contributed by atoms with E-state index < -0.39 is 0 Å². The standard InChI is InChI=1S/C12H19N5/c1-9(2)5-4-6-17(3)12-10-11(14-7-13-10)15-8-16-12/h7-9H,4-6H2,1-3H3,(H,13,14,15,16). The smallest absolute Gasteiger partial charge is 0.182 e. The number of fused-ring (bicyclic) bond motifs is 1. The molecule has 2 aromatic rings. The molecular weight excluding hydrogens is 214 g/mol. The van der Waals surface area contributed by atoms with Crippen molar-refractivity contribution in [3.05, 3.63) is 12.7 Å². The van der Waals surface area contributed by atoms with Gasteiger partial charge in [-0.05, 0) is 18.8 Å². The maximum absolute atomic E-state index is 4.32. The number of hydrogen-bond donors (Lipinski definition) is 1. The van der Waals surface area contributed by atoms with Crippen LogP contribution in [-0.2, 0) is 0 Å². The van der Waals surface area contributed by atoms with Gasteiger partial charge < -0.3 is 9.88 Å². The van der Waals surface area contributed by atoms with E-state index in [1.54, 1.807) is 12.7 Å². The summed E-state index contributed by atoms with van der Waals surface area (Å²) >= 11 is 0. The van der Waals surface area contributed by atoms with Gasteiger partial charge in [0.1, 0.15) is 11.8 Å². The van der Waals surface area contributed by atoms with Gasteiger partial charge in [-0.2, -0.15) is 0 Å². The molecule has 92 valence electrons. The molecule has 0 spiro atoms. The third kappa shape index (κ3) is 2.72. The highest BCUT2D eigenvalue weighted by atomic mass is 15.2. The first-order chi connectivity index (χ1) is 8.18. The molecule has 0 radical (unpaired) electrons. The third-order valence-electron chi connectivity index (χ3n) is 2.84. The molecule has 2 heterocycles. The molecule has 0 aromatic carbocycles. The molecule has 2 aromatic heterocycles. The van der Waals surface area contributed by atoms with Crippen molar-refractivity contribution in [3.63, 3.8) is 0 Å². The zero-order valence-electron chi connectivity index (χ0n) is 10.6. The summed E-state index contributed by atoms with van der Waals surface area (Å²) in [6.45, 7) is 5.50. The normalized spacial score (nSPS) is 11.3. The van der Waals surface area contributed by atoms with E-state index in [1.165, 1.54) is 12.8 Å². The zero-order valence-corrected chi connectivity index (χ0v) is 10.6. The summed E-state index contributed by atoms with van der Waals surface area (Å²) in [6.07, 6.45) is 5.64. The average molecular weight is 233 g/mol. The second-order valence-electron chi connectivity index (χ2n) is 4.76. The highest BCUT2D eigenvalue weighted by molar-refractivity contribution is 5.82. The number of nitrogens with zero attached hydrogens (tertiary/aromatic N) is 4. The van der Waals surface area contributed by atoms with Gasteiger partial charge in [0, 0.05) is 13.6 Å². The minimum absolute atomic E-state index is 0.728. The van der Waals surface area contributed by atoms with Crippen molar-refractivity contribution in [2.45, 2.75) is 26.7 Å². The first-order valence-electron chi connectivity index (χ1n) is 6.03. The molecule has 1 N–H and O–H groups in total. The monoisotopic (exact) mass is 233 g/mol. The topological polar surface area (TPSA) is 57.7 Å². The van der Waals surface area contributed by atoms with Gasteiger partial charge in [0.15, 0.2) is 11.5 Å². The molecule has 0 bridgehead atoms. The van der Waals surface area contributed by atoms with Crippen molar-refractivity contribution in [3.8, 4) is 0 Å². The molecule has 2 rings (SSSR count). The van der Waals surface area contributed by atoms with E-state index in [-0.39, 0.29) is 0 Å². The van der Waals surface area contributed by atoms with Crippen LogP contribution in [0.25, 0.3) is 11.2 Å². The minimum atomic E-state index is 0.728. The van der Waals surface area contributed by atoms with Gasteiger partial charge in [0.05, 0.1) is 6.33 Å². The van der Waals surface area contributed by atoms with E-state index in [2.05, 4.69) is 45.7 Å². The number of H-pyrrole nitrogens is 1. The summed E-state index contributed by atoms with van der Waals surface area (Å²) in [4.78, 5) is 17.8. The van der Waals surface area contributed by atoms with Gasteiger partial charge >= 0.3 is 0 Å². The van der Waals surface area contributed by atoms with Crippen LogP contribution in [0, 0.1) is 5.92 Å². The quantitative estimate of drug-likeness (QED) is 0.860. The van der Waals surface area contributed by atoms with Crippen molar-refractivity contribution in [2.24, 2.45) is 5.92 Å². The summed E-state index contributed by atoms with van der Waals surface area (Å²) in [5.74, 6) is 1.68. The lowest BCUT2D eigenvalue weighted by Gasteiger charge is -2.18. The van der Waals surface area contributed by atoms with Crippen molar-refractivity contribution in [1.82, 2.24) is 19.9 Å². The summed E-state index contributed by atoms with van der Waals surface area (Å²) in [6, 6.07) is 0. The van der Waals surface area contributed by atoms with Gasteiger partial charge in [0.2, 0.25) is 0 Å². The van der Waals surface area contributed by atoms with Crippen LogP contribution in [0.1, 0.15) is 26.7 Å². The summed E-state index contributed by atoms with van der Waals surface area (Å²) in [7, 11) is 2.06. The Morgan fingerprint density at radius 1 is 1.29 bits per heavy atom. The van der Waals surface area contributed by atoms with E-state index in [4.69, 9.17) is 0 Å². The predicted octanol–water partition coefficient (Wildman–Crippen LogP) is 2.23. The molecule has 0 unspecified atom stereocenters. The second-order valence-corrected chi connectivity index (χ2v) is 4.76. The van der Waals surface area contributed by atoms with Crippen LogP contribution in [-0.4, -0.2) is 33.5 Å². The van der Waals surface area contributed by atoms with Crippen LogP contribution in [0.3, 0.4) is 0 Å². The van der Waals surface area contributed by atoms with Gasteiger partial charge in [-0.3, -0.25) is 0 Å². The molecule has 0 aliphatic rings. The number of imidazole rings is 1.